The second kappa shape index (κ2) is 8.32. The lowest BCUT2D eigenvalue weighted by Crippen LogP contribution is -2.17. The van der Waals surface area contributed by atoms with E-state index in [1.165, 1.54) is 17.4 Å². The Labute approximate surface area is 150 Å². The number of primary sulfonamides is 1. The number of benzene rings is 1. The van der Waals surface area contributed by atoms with E-state index < -0.39 is 16.0 Å². The van der Waals surface area contributed by atoms with E-state index in [4.69, 9.17) is 9.88 Å². The van der Waals surface area contributed by atoms with Gasteiger partial charge < -0.3 is 15.2 Å². The Morgan fingerprint density at radius 1 is 1.40 bits per heavy atom. The van der Waals surface area contributed by atoms with Crippen LogP contribution in [-0.2, 0) is 16.6 Å². The minimum atomic E-state index is -4.16. The fraction of sp³-hybridized carbons (Fsp3) is 0.312. The molecule has 1 aromatic carbocycles. The van der Waals surface area contributed by atoms with Gasteiger partial charge in [0.25, 0.3) is 0 Å². The molecule has 25 heavy (non-hydrogen) atoms. The lowest BCUT2D eigenvalue weighted by atomic mass is 10.1. The smallest absolute Gasteiger partial charge is 0.335 e. The largest absolute Gasteiger partial charge is 0.485 e. The summed E-state index contributed by atoms with van der Waals surface area (Å²) in [4.78, 5) is 11.0. The normalized spacial score (nSPS) is 11.3. The van der Waals surface area contributed by atoms with Gasteiger partial charge in [-0.15, -0.1) is 0 Å². The third-order valence-corrected chi connectivity index (χ3v) is 5.07. The molecular weight excluding hydrogens is 364 g/mol. The van der Waals surface area contributed by atoms with Gasteiger partial charge in [-0.25, -0.2) is 18.4 Å². The first-order chi connectivity index (χ1) is 11.8. The molecule has 0 saturated heterocycles. The predicted molar refractivity (Wildman–Crippen MR) is 96.8 cm³/mol. The summed E-state index contributed by atoms with van der Waals surface area (Å²) in [6.45, 7) is 2.72. The van der Waals surface area contributed by atoms with Gasteiger partial charge in [-0.1, -0.05) is 13.3 Å². The number of thiophene rings is 1. The molecule has 4 N–H and O–H groups in total. The van der Waals surface area contributed by atoms with Gasteiger partial charge >= 0.3 is 5.97 Å². The number of carbonyl (C=O) groups is 1. The van der Waals surface area contributed by atoms with Crippen molar-refractivity contribution in [1.82, 2.24) is 0 Å². The lowest BCUT2D eigenvalue weighted by Gasteiger charge is -2.17. The number of nitrogens with one attached hydrogen (secondary N) is 1. The van der Waals surface area contributed by atoms with Crippen molar-refractivity contribution in [2.75, 3.05) is 11.9 Å². The van der Waals surface area contributed by atoms with Crippen LogP contribution >= 0.6 is 11.3 Å². The molecule has 0 bridgehead atoms. The van der Waals surface area contributed by atoms with Gasteiger partial charge in [0.05, 0.1) is 11.3 Å². The van der Waals surface area contributed by atoms with Crippen LogP contribution in [0.2, 0.25) is 0 Å². The highest BCUT2D eigenvalue weighted by atomic mass is 32.2. The fourth-order valence-corrected chi connectivity index (χ4v) is 3.52. The van der Waals surface area contributed by atoms with Gasteiger partial charge in [-0.05, 0) is 40.9 Å². The first-order valence-electron chi connectivity index (χ1n) is 7.64. The summed E-state index contributed by atoms with van der Waals surface area (Å²) in [6.07, 6.45) is 1.77. The molecule has 0 aliphatic heterocycles. The number of carboxylic acid groups (broad SMARTS) is 1. The molecule has 1 aromatic heterocycles. The topological polar surface area (TPSA) is 119 Å². The standard InChI is InChI=1S/C16H20N2O5S2/c1-2-3-5-18-13-7-12(16(19)20)8-14(25(17,21)22)15(13)23-9-11-4-6-24-10-11/h4,6-8,10,18H,2-3,5,9H2,1H3,(H,19,20)(H2,17,21,22). The molecule has 0 aliphatic rings. The summed E-state index contributed by atoms with van der Waals surface area (Å²) in [5.74, 6) is -1.21. The zero-order valence-electron chi connectivity index (χ0n) is 13.7. The van der Waals surface area contributed by atoms with Gasteiger partial charge in [0.15, 0.2) is 5.75 Å². The minimum absolute atomic E-state index is 0.0369. The maximum absolute atomic E-state index is 12.0. The molecule has 0 unspecified atom stereocenters. The van der Waals surface area contributed by atoms with E-state index in [0.29, 0.717) is 12.2 Å². The molecule has 0 saturated carbocycles. The SMILES string of the molecule is CCCCNc1cc(C(=O)O)cc(S(N)(=O)=O)c1OCc1ccsc1. The Kier molecular flexibility index (Phi) is 6.40. The number of hydrogen-bond acceptors (Lipinski definition) is 6. The van der Waals surface area contributed by atoms with E-state index in [2.05, 4.69) is 5.32 Å². The van der Waals surface area contributed by atoms with Gasteiger partial charge in [0.2, 0.25) is 10.0 Å². The average molecular weight is 384 g/mol. The summed E-state index contributed by atoms with van der Waals surface area (Å²) in [5.41, 5.74) is 1.01. The van der Waals surface area contributed by atoms with E-state index in [9.17, 15) is 18.3 Å². The van der Waals surface area contributed by atoms with Crippen LogP contribution in [0.15, 0.2) is 33.9 Å². The maximum atomic E-state index is 12.0. The molecule has 136 valence electrons. The van der Waals surface area contributed by atoms with E-state index >= 15 is 0 Å². The molecule has 7 nitrogen and oxygen atoms in total. The zero-order chi connectivity index (χ0) is 18.4. The number of hydrogen-bond donors (Lipinski definition) is 3. The minimum Gasteiger partial charge on any atom is -0.485 e. The number of unbranched alkanes of at least 4 members (excludes halogenated alkanes) is 1. The lowest BCUT2D eigenvalue weighted by molar-refractivity contribution is 0.0696. The van der Waals surface area contributed by atoms with E-state index in [1.54, 1.807) is 0 Å². The van der Waals surface area contributed by atoms with Crippen LogP contribution in [-0.4, -0.2) is 26.0 Å². The quantitative estimate of drug-likeness (QED) is 0.572. The first-order valence-corrected chi connectivity index (χ1v) is 10.1. The van der Waals surface area contributed by atoms with Crippen LogP contribution in [0.3, 0.4) is 0 Å². The highest BCUT2D eigenvalue weighted by Gasteiger charge is 2.23. The van der Waals surface area contributed by atoms with Crippen molar-refractivity contribution in [3.8, 4) is 5.75 Å². The summed E-state index contributed by atoms with van der Waals surface area (Å²) in [5, 5.41) is 21.3. The Bertz CT molecular complexity index is 832. The number of aromatic carboxylic acids is 1. The average Bonchev–Trinajstić information content (AvgIpc) is 3.05. The van der Waals surface area contributed by atoms with E-state index in [-0.39, 0.29) is 22.8 Å². The second-order valence-corrected chi connectivity index (χ2v) is 7.71. The van der Waals surface area contributed by atoms with Crippen LogP contribution < -0.4 is 15.2 Å². The first kappa shape index (κ1) is 19.2. The third kappa shape index (κ3) is 5.18. The molecule has 0 fully saturated rings. The molecule has 0 spiro atoms. The van der Waals surface area contributed by atoms with Gasteiger partial charge in [-0.2, -0.15) is 11.3 Å². The van der Waals surface area contributed by atoms with Crippen molar-refractivity contribution < 1.29 is 23.1 Å². The van der Waals surface area contributed by atoms with Crippen molar-refractivity contribution in [3.63, 3.8) is 0 Å². The molecule has 0 amide bonds. The molecule has 2 aromatic rings. The highest BCUT2D eigenvalue weighted by Crippen LogP contribution is 2.34. The van der Waals surface area contributed by atoms with Crippen LogP contribution in [0.25, 0.3) is 0 Å². The summed E-state index contributed by atoms with van der Waals surface area (Å²) < 4.78 is 29.6. The highest BCUT2D eigenvalue weighted by molar-refractivity contribution is 7.89. The van der Waals surface area contributed by atoms with E-state index in [0.717, 1.165) is 24.5 Å². The molecule has 2 rings (SSSR count). The van der Waals surface area contributed by atoms with Crippen LogP contribution in [0.1, 0.15) is 35.7 Å². The maximum Gasteiger partial charge on any atom is 0.335 e. The molecule has 0 aliphatic carbocycles. The number of carboxylic acids is 1. The molecule has 9 heteroatoms. The van der Waals surface area contributed by atoms with Crippen molar-refractivity contribution in [2.24, 2.45) is 5.14 Å². The molecule has 0 atom stereocenters. The molecular formula is C16H20N2O5S2. The Hall–Kier alpha value is -2.10. The van der Waals surface area contributed by atoms with Gasteiger partial charge in [-0.3, -0.25) is 0 Å². The van der Waals surface area contributed by atoms with Crippen molar-refractivity contribution in [2.45, 2.75) is 31.3 Å². The monoisotopic (exact) mass is 384 g/mol. The zero-order valence-corrected chi connectivity index (χ0v) is 15.3. The Morgan fingerprint density at radius 3 is 2.72 bits per heavy atom. The third-order valence-electron chi connectivity index (χ3n) is 3.42. The molecule has 1 heterocycles. The van der Waals surface area contributed by atoms with Crippen molar-refractivity contribution in [3.05, 3.63) is 40.1 Å². The number of rotatable bonds is 9. The Balaban J connectivity index is 2.47. The number of sulfonamides is 1. The Morgan fingerprint density at radius 2 is 2.16 bits per heavy atom. The van der Waals surface area contributed by atoms with E-state index in [1.807, 2.05) is 23.8 Å². The van der Waals surface area contributed by atoms with Crippen molar-refractivity contribution in [1.29, 1.82) is 0 Å². The van der Waals surface area contributed by atoms with Crippen molar-refractivity contribution >= 4 is 33.0 Å². The molecule has 0 radical (unpaired) electrons. The number of ether oxygens (including phenoxy) is 1. The summed E-state index contributed by atoms with van der Waals surface area (Å²) in [7, 11) is -4.16. The summed E-state index contributed by atoms with van der Waals surface area (Å²) >= 11 is 1.50. The van der Waals surface area contributed by atoms with Gasteiger partial charge in [0.1, 0.15) is 11.5 Å². The number of nitrogens with two attached hydrogens (primary N) is 1. The van der Waals surface area contributed by atoms with Crippen LogP contribution in [0, 0.1) is 0 Å². The van der Waals surface area contributed by atoms with Crippen LogP contribution in [0.5, 0.6) is 5.75 Å². The van der Waals surface area contributed by atoms with Crippen LogP contribution in [0.4, 0.5) is 5.69 Å². The summed E-state index contributed by atoms with van der Waals surface area (Å²) in [6, 6.07) is 4.23. The second-order valence-electron chi connectivity index (χ2n) is 5.40. The fourth-order valence-electron chi connectivity index (χ4n) is 2.15. The van der Waals surface area contributed by atoms with Gasteiger partial charge in [0, 0.05) is 6.54 Å². The number of anilines is 1. The predicted octanol–water partition coefficient (Wildman–Crippen LogP) is 2.88.